The fourth-order valence-corrected chi connectivity index (χ4v) is 1.79. The number of nitrogen functional groups attached to an aromatic ring is 1. The summed E-state index contributed by atoms with van der Waals surface area (Å²) >= 11 is 5.81. The van der Waals surface area contributed by atoms with Crippen molar-refractivity contribution in [2.24, 2.45) is 0 Å². The van der Waals surface area contributed by atoms with Gasteiger partial charge in [-0.1, -0.05) is 37.6 Å². The van der Waals surface area contributed by atoms with Gasteiger partial charge in [0.1, 0.15) is 11.0 Å². The summed E-state index contributed by atoms with van der Waals surface area (Å²) in [6.45, 7) is 4.32. The summed E-state index contributed by atoms with van der Waals surface area (Å²) in [5, 5.41) is 3.46. The molecule has 0 radical (unpaired) electrons. The highest BCUT2D eigenvalue weighted by atomic mass is 35.5. The highest BCUT2D eigenvalue weighted by Crippen LogP contribution is 2.21. The van der Waals surface area contributed by atoms with E-state index < -0.39 is 0 Å². The normalized spacial score (nSPS) is 10.7. The predicted octanol–water partition coefficient (Wildman–Crippen LogP) is 3.58. The van der Waals surface area contributed by atoms with Gasteiger partial charge in [0, 0.05) is 11.8 Å². The maximum atomic E-state index is 5.81. The van der Waals surface area contributed by atoms with Crippen molar-refractivity contribution in [1.82, 2.24) is 9.97 Å². The fourth-order valence-electron chi connectivity index (χ4n) is 1.60. The number of nitrogens with two attached hydrogens (primary N) is 1. The van der Waals surface area contributed by atoms with Gasteiger partial charge in [-0.05, 0) is 23.6 Å². The molecule has 4 nitrogen and oxygen atoms in total. The van der Waals surface area contributed by atoms with Gasteiger partial charge < -0.3 is 11.1 Å². The number of aromatic nitrogens is 2. The van der Waals surface area contributed by atoms with Crippen LogP contribution in [-0.2, 0) is 0 Å². The first-order chi connectivity index (χ1) is 8.54. The van der Waals surface area contributed by atoms with Crippen molar-refractivity contribution in [2.75, 3.05) is 11.1 Å². The topological polar surface area (TPSA) is 63.8 Å². The van der Waals surface area contributed by atoms with Crippen LogP contribution in [0.15, 0.2) is 30.3 Å². The lowest BCUT2D eigenvalue weighted by Crippen LogP contribution is -2.00. The highest BCUT2D eigenvalue weighted by molar-refractivity contribution is 6.29. The van der Waals surface area contributed by atoms with Crippen LogP contribution in [-0.4, -0.2) is 9.97 Å². The summed E-state index contributed by atoms with van der Waals surface area (Å²) in [6.07, 6.45) is 0. The molecule has 0 amide bonds. The average Bonchev–Trinajstić information content (AvgIpc) is 2.28. The van der Waals surface area contributed by atoms with Gasteiger partial charge in [-0.3, -0.25) is 0 Å². The number of nitrogens with one attached hydrogen (secondary N) is 1. The number of anilines is 3. The van der Waals surface area contributed by atoms with Crippen LogP contribution in [0.4, 0.5) is 17.5 Å². The Kier molecular flexibility index (Phi) is 3.67. The van der Waals surface area contributed by atoms with E-state index in [2.05, 4.69) is 41.3 Å². The number of hydrogen-bond acceptors (Lipinski definition) is 4. The molecular weight excluding hydrogens is 248 g/mol. The van der Waals surface area contributed by atoms with E-state index >= 15 is 0 Å². The maximum absolute atomic E-state index is 5.81. The summed E-state index contributed by atoms with van der Waals surface area (Å²) in [5.41, 5.74) is 7.76. The molecule has 0 fully saturated rings. The van der Waals surface area contributed by atoms with Gasteiger partial charge >= 0.3 is 0 Å². The number of nitrogens with zero attached hydrogens (tertiary/aromatic N) is 2. The Balaban J connectivity index is 2.18. The van der Waals surface area contributed by atoms with Crippen molar-refractivity contribution in [2.45, 2.75) is 19.8 Å². The molecule has 3 N–H and O–H groups in total. The van der Waals surface area contributed by atoms with Crippen LogP contribution < -0.4 is 11.1 Å². The second-order valence-corrected chi connectivity index (χ2v) is 4.72. The Hall–Kier alpha value is -1.81. The van der Waals surface area contributed by atoms with Crippen molar-refractivity contribution in [3.63, 3.8) is 0 Å². The van der Waals surface area contributed by atoms with E-state index in [9.17, 15) is 0 Å². The van der Waals surface area contributed by atoms with Gasteiger partial charge in [0.05, 0.1) is 0 Å². The van der Waals surface area contributed by atoms with Gasteiger partial charge in [-0.2, -0.15) is 4.98 Å². The molecule has 0 aliphatic carbocycles. The number of rotatable bonds is 3. The first-order valence-corrected chi connectivity index (χ1v) is 6.09. The molecule has 1 heterocycles. The molecule has 94 valence electrons. The first kappa shape index (κ1) is 12.6. The lowest BCUT2D eigenvalue weighted by molar-refractivity contribution is 0.867. The lowest BCUT2D eigenvalue weighted by Gasteiger charge is -2.09. The molecule has 5 heteroatoms. The Labute approximate surface area is 111 Å². The maximum Gasteiger partial charge on any atom is 0.223 e. The molecule has 2 aromatic rings. The van der Waals surface area contributed by atoms with Crippen molar-refractivity contribution < 1.29 is 0 Å². The third-order valence-electron chi connectivity index (χ3n) is 2.56. The molecule has 0 spiro atoms. The third-order valence-corrected chi connectivity index (χ3v) is 2.76. The van der Waals surface area contributed by atoms with Gasteiger partial charge in [-0.15, -0.1) is 0 Å². The van der Waals surface area contributed by atoms with Crippen molar-refractivity contribution in [1.29, 1.82) is 0 Å². The molecule has 0 aliphatic rings. The summed E-state index contributed by atoms with van der Waals surface area (Å²) in [5.74, 6) is 1.26. The molecule has 18 heavy (non-hydrogen) atoms. The molecule has 0 saturated heterocycles. The van der Waals surface area contributed by atoms with E-state index in [1.807, 2.05) is 12.1 Å². The van der Waals surface area contributed by atoms with E-state index in [1.54, 1.807) is 6.07 Å². The van der Waals surface area contributed by atoms with Gasteiger partial charge in [0.25, 0.3) is 0 Å². The van der Waals surface area contributed by atoms with E-state index in [4.69, 9.17) is 17.3 Å². The van der Waals surface area contributed by atoms with Crippen LogP contribution in [0, 0.1) is 0 Å². The molecule has 1 aromatic carbocycles. The Morgan fingerprint density at radius 3 is 2.39 bits per heavy atom. The lowest BCUT2D eigenvalue weighted by atomic mass is 10.0. The summed E-state index contributed by atoms with van der Waals surface area (Å²) in [7, 11) is 0. The van der Waals surface area contributed by atoms with Crippen molar-refractivity contribution >= 4 is 29.1 Å². The van der Waals surface area contributed by atoms with Gasteiger partial charge in [0.15, 0.2) is 0 Å². The zero-order chi connectivity index (χ0) is 13.1. The van der Waals surface area contributed by atoms with Gasteiger partial charge in [0.2, 0.25) is 5.95 Å². The van der Waals surface area contributed by atoms with Crippen molar-refractivity contribution in [3.05, 3.63) is 41.0 Å². The highest BCUT2D eigenvalue weighted by Gasteiger charge is 2.02. The van der Waals surface area contributed by atoms with Crippen LogP contribution in [0.3, 0.4) is 0 Å². The average molecular weight is 263 g/mol. The van der Waals surface area contributed by atoms with Gasteiger partial charge in [-0.25, -0.2) is 4.98 Å². The van der Waals surface area contributed by atoms with Crippen LogP contribution >= 0.6 is 11.6 Å². The van der Waals surface area contributed by atoms with Crippen LogP contribution in [0.25, 0.3) is 0 Å². The standard InChI is InChI=1S/C13H15ClN4/c1-8(2)9-3-5-10(6-4-9)16-12-7-11(14)17-13(15)18-12/h3-8H,1-2H3,(H3,15,16,17,18). The Morgan fingerprint density at radius 1 is 1.17 bits per heavy atom. The molecule has 0 saturated carbocycles. The molecule has 1 aromatic heterocycles. The van der Waals surface area contributed by atoms with E-state index in [1.165, 1.54) is 5.56 Å². The van der Waals surface area contributed by atoms with Crippen LogP contribution in [0.2, 0.25) is 5.15 Å². The fraction of sp³-hybridized carbons (Fsp3) is 0.231. The SMILES string of the molecule is CC(C)c1ccc(Nc2cc(Cl)nc(N)n2)cc1. The van der Waals surface area contributed by atoms with E-state index in [0.29, 0.717) is 16.9 Å². The molecule has 0 aliphatic heterocycles. The van der Waals surface area contributed by atoms with Crippen LogP contribution in [0.1, 0.15) is 25.3 Å². The van der Waals surface area contributed by atoms with E-state index in [-0.39, 0.29) is 5.95 Å². The number of benzene rings is 1. The second kappa shape index (κ2) is 5.23. The monoisotopic (exact) mass is 262 g/mol. The largest absolute Gasteiger partial charge is 0.368 e. The molecular formula is C13H15ClN4. The summed E-state index contributed by atoms with van der Waals surface area (Å²) < 4.78 is 0. The molecule has 0 bridgehead atoms. The van der Waals surface area contributed by atoms with Crippen molar-refractivity contribution in [3.8, 4) is 0 Å². The minimum absolute atomic E-state index is 0.156. The minimum Gasteiger partial charge on any atom is -0.368 e. The zero-order valence-corrected chi connectivity index (χ0v) is 11.1. The quantitative estimate of drug-likeness (QED) is 0.830. The minimum atomic E-state index is 0.156. The smallest absolute Gasteiger partial charge is 0.223 e. The Morgan fingerprint density at radius 2 is 1.83 bits per heavy atom. The predicted molar refractivity (Wildman–Crippen MR) is 75.3 cm³/mol. The second-order valence-electron chi connectivity index (χ2n) is 4.34. The zero-order valence-electron chi connectivity index (χ0n) is 10.3. The van der Waals surface area contributed by atoms with E-state index in [0.717, 1.165) is 5.69 Å². The van der Waals surface area contributed by atoms with Crippen LogP contribution in [0.5, 0.6) is 0 Å². The first-order valence-electron chi connectivity index (χ1n) is 5.71. The molecule has 2 rings (SSSR count). The summed E-state index contributed by atoms with van der Waals surface area (Å²) in [4.78, 5) is 7.86. The molecule has 0 unspecified atom stereocenters. The third kappa shape index (κ3) is 3.11. The summed E-state index contributed by atoms with van der Waals surface area (Å²) in [6, 6.07) is 9.80. The Bertz CT molecular complexity index is 517. The number of halogens is 1. The number of hydrogen-bond donors (Lipinski definition) is 2. The molecule has 0 atom stereocenters.